The maximum atomic E-state index is 11.5. The first-order chi connectivity index (χ1) is 8.68. The number of pyridine rings is 1. The highest BCUT2D eigenvalue weighted by molar-refractivity contribution is 7.98. The maximum Gasteiger partial charge on any atom is 0.336 e. The second-order valence-corrected chi connectivity index (χ2v) is 5.67. The smallest absolute Gasteiger partial charge is 0.336 e. The number of nitrogens with zero attached hydrogens (tertiary/aromatic N) is 1. The van der Waals surface area contributed by atoms with Crippen LogP contribution < -0.4 is 0 Å². The Hall–Kier alpha value is -1.26. The van der Waals surface area contributed by atoms with Gasteiger partial charge >= 0.3 is 5.97 Å². The van der Waals surface area contributed by atoms with Gasteiger partial charge in [0.2, 0.25) is 0 Å². The van der Waals surface area contributed by atoms with E-state index in [0.29, 0.717) is 27.2 Å². The zero-order valence-corrected chi connectivity index (χ0v) is 11.0. The number of carbonyl (C=O) groups is 1. The van der Waals surface area contributed by atoms with Gasteiger partial charge in [-0.05, 0) is 29.9 Å². The molecule has 1 aliphatic rings. The van der Waals surface area contributed by atoms with Gasteiger partial charge in [0.15, 0.2) is 0 Å². The number of hydrogen-bond acceptors (Lipinski definition) is 3. The molecule has 2 aromatic rings. The molecule has 1 aliphatic heterocycles. The SMILES string of the molecule is O=C(O)c1c2c(nc3cccc(Cl)c13)CCSC2. The van der Waals surface area contributed by atoms with E-state index in [-0.39, 0.29) is 0 Å². The Morgan fingerprint density at radius 2 is 2.28 bits per heavy atom. The summed E-state index contributed by atoms with van der Waals surface area (Å²) in [5, 5.41) is 10.5. The molecule has 3 rings (SSSR count). The van der Waals surface area contributed by atoms with E-state index in [9.17, 15) is 9.90 Å². The highest BCUT2D eigenvalue weighted by Crippen LogP contribution is 2.34. The zero-order valence-electron chi connectivity index (χ0n) is 9.44. The first-order valence-corrected chi connectivity index (χ1v) is 7.13. The van der Waals surface area contributed by atoms with Crippen LogP contribution in [0.3, 0.4) is 0 Å². The molecule has 2 heterocycles. The number of halogens is 1. The molecule has 0 saturated carbocycles. The first kappa shape index (κ1) is 11.8. The molecule has 0 fully saturated rings. The standard InChI is InChI=1S/C13H10ClNO2S/c14-8-2-1-3-10-12(8)11(13(16)17)7-6-18-5-4-9(7)15-10/h1-3H,4-6H2,(H,16,17). The average Bonchev–Trinajstić information content (AvgIpc) is 2.36. The van der Waals surface area contributed by atoms with Gasteiger partial charge in [-0.15, -0.1) is 0 Å². The predicted octanol–water partition coefficient (Wildman–Crippen LogP) is 3.38. The zero-order chi connectivity index (χ0) is 12.7. The van der Waals surface area contributed by atoms with Gasteiger partial charge in [-0.25, -0.2) is 4.79 Å². The quantitative estimate of drug-likeness (QED) is 0.869. The minimum absolute atomic E-state index is 0.327. The lowest BCUT2D eigenvalue weighted by molar-refractivity contribution is 0.0698. The highest BCUT2D eigenvalue weighted by Gasteiger charge is 2.23. The number of aromatic carboxylic acids is 1. The number of rotatable bonds is 1. The van der Waals surface area contributed by atoms with Crippen LogP contribution in [0.5, 0.6) is 0 Å². The summed E-state index contributed by atoms with van der Waals surface area (Å²) in [6.45, 7) is 0. The van der Waals surface area contributed by atoms with Crippen LogP contribution >= 0.6 is 23.4 Å². The van der Waals surface area contributed by atoms with Crippen molar-refractivity contribution in [1.29, 1.82) is 0 Å². The third kappa shape index (κ3) is 1.76. The lowest BCUT2D eigenvalue weighted by atomic mass is 10.00. The van der Waals surface area contributed by atoms with Gasteiger partial charge in [-0.3, -0.25) is 4.98 Å². The van der Waals surface area contributed by atoms with Gasteiger partial charge in [0.05, 0.1) is 16.1 Å². The van der Waals surface area contributed by atoms with Crippen LogP contribution in [0, 0.1) is 0 Å². The molecule has 0 unspecified atom stereocenters. The molecule has 18 heavy (non-hydrogen) atoms. The van der Waals surface area contributed by atoms with Crippen LogP contribution in [-0.4, -0.2) is 21.8 Å². The lowest BCUT2D eigenvalue weighted by Gasteiger charge is -2.18. The van der Waals surface area contributed by atoms with E-state index in [4.69, 9.17) is 11.6 Å². The molecule has 0 saturated heterocycles. The maximum absolute atomic E-state index is 11.5. The number of benzene rings is 1. The second-order valence-electron chi connectivity index (χ2n) is 4.15. The van der Waals surface area contributed by atoms with Crippen molar-refractivity contribution in [2.75, 3.05) is 5.75 Å². The number of fused-ring (bicyclic) bond motifs is 2. The number of hydrogen-bond donors (Lipinski definition) is 1. The van der Waals surface area contributed by atoms with E-state index in [1.807, 2.05) is 6.07 Å². The van der Waals surface area contributed by atoms with Crippen LogP contribution in [-0.2, 0) is 12.2 Å². The fourth-order valence-electron chi connectivity index (χ4n) is 2.30. The van der Waals surface area contributed by atoms with Gasteiger partial charge < -0.3 is 5.11 Å². The summed E-state index contributed by atoms with van der Waals surface area (Å²) in [4.78, 5) is 16.1. The molecule has 3 nitrogen and oxygen atoms in total. The van der Waals surface area contributed by atoms with Crippen LogP contribution in [0.15, 0.2) is 18.2 Å². The van der Waals surface area contributed by atoms with E-state index in [1.54, 1.807) is 23.9 Å². The molecule has 0 bridgehead atoms. The fraction of sp³-hybridized carbons (Fsp3) is 0.231. The van der Waals surface area contributed by atoms with E-state index < -0.39 is 5.97 Å². The summed E-state index contributed by atoms with van der Waals surface area (Å²) in [7, 11) is 0. The van der Waals surface area contributed by atoms with Crippen molar-refractivity contribution >= 4 is 40.2 Å². The molecular formula is C13H10ClNO2S. The third-order valence-electron chi connectivity index (χ3n) is 3.09. The van der Waals surface area contributed by atoms with Crippen LogP contribution in [0.1, 0.15) is 21.6 Å². The molecule has 0 atom stereocenters. The Morgan fingerprint density at radius 3 is 3.06 bits per heavy atom. The van der Waals surface area contributed by atoms with Crippen molar-refractivity contribution in [1.82, 2.24) is 4.98 Å². The molecule has 0 spiro atoms. The van der Waals surface area contributed by atoms with Gasteiger partial charge in [-0.1, -0.05) is 17.7 Å². The molecule has 1 N–H and O–H groups in total. The lowest BCUT2D eigenvalue weighted by Crippen LogP contribution is -2.13. The third-order valence-corrected chi connectivity index (χ3v) is 4.39. The van der Waals surface area contributed by atoms with Gasteiger partial charge in [0, 0.05) is 16.8 Å². The Balaban J connectivity index is 2.45. The van der Waals surface area contributed by atoms with Crippen LogP contribution in [0.4, 0.5) is 0 Å². The molecule has 1 aromatic heterocycles. The Labute approximate surface area is 113 Å². The minimum Gasteiger partial charge on any atom is -0.478 e. The minimum atomic E-state index is -0.922. The summed E-state index contributed by atoms with van der Waals surface area (Å²) < 4.78 is 0. The van der Waals surface area contributed by atoms with Crippen molar-refractivity contribution < 1.29 is 9.90 Å². The van der Waals surface area contributed by atoms with Crippen molar-refractivity contribution in [3.63, 3.8) is 0 Å². The summed E-state index contributed by atoms with van der Waals surface area (Å²) in [6, 6.07) is 5.32. The van der Waals surface area contributed by atoms with Crippen molar-refractivity contribution in [3.05, 3.63) is 40.0 Å². The van der Waals surface area contributed by atoms with E-state index >= 15 is 0 Å². The second kappa shape index (κ2) is 4.44. The van der Waals surface area contributed by atoms with Crippen molar-refractivity contribution in [2.45, 2.75) is 12.2 Å². The van der Waals surface area contributed by atoms with Crippen LogP contribution in [0.2, 0.25) is 5.02 Å². The number of carboxylic acids is 1. The number of aryl methyl sites for hydroxylation is 1. The normalized spacial score (nSPS) is 14.5. The largest absolute Gasteiger partial charge is 0.478 e. The Bertz CT molecular complexity index is 657. The van der Waals surface area contributed by atoms with Crippen molar-refractivity contribution in [3.8, 4) is 0 Å². The van der Waals surface area contributed by atoms with E-state index in [1.165, 1.54) is 0 Å². The number of thioether (sulfide) groups is 1. The van der Waals surface area contributed by atoms with E-state index in [2.05, 4.69) is 4.98 Å². The molecule has 0 radical (unpaired) electrons. The topological polar surface area (TPSA) is 50.2 Å². The molecule has 5 heteroatoms. The molecule has 1 aromatic carbocycles. The predicted molar refractivity (Wildman–Crippen MR) is 73.6 cm³/mol. The highest BCUT2D eigenvalue weighted by atomic mass is 35.5. The average molecular weight is 280 g/mol. The summed E-state index contributed by atoms with van der Waals surface area (Å²) in [5.41, 5.74) is 2.73. The molecule has 0 amide bonds. The van der Waals surface area contributed by atoms with Gasteiger partial charge in [0.1, 0.15) is 0 Å². The van der Waals surface area contributed by atoms with Crippen LogP contribution in [0.25, 0.3) is 10.9 Å². The monoisotopic (exact) mass is 279 g/mol. The van der Waals surface area contributed by atoms with E-state index in [0.717, 1.165) is 23.4 Å². The Morgan fingerprint density at radius 1 is 1.44 bits per heavy atom. The molecule has 92 valence electrons. The van der Waals surface area contributed by atoms with Crippen molar-refractivity contribution in [2.24, 2.45) is 0 Å². The summed E-state index contributed by atoms with van der Waals surface area (Å²) in [6.07, 6.45) is 0.822. The number of carboxylic acid groups (broad SMARTS) is 1. The Kier molecular flexibility index (Phi) is 2.92. The summed E-state index contributed by atoms with van der Waals surface area (Å²) >= 11 is 7.88. The first-order valence-electron chi connectivity index (χ1n) is 5.59. The molecule has 0 aliphatic carbocycles. The van der Waals surface area contributed by atoms with Gasteiger partial charge in [0.25, 0.3) is 0 Å². The molecular weight excluding hydrogens is 270 g/mol. The van der Waals surface area contributed by atoms with Gasteiger partial charge in [-0.2, -0.15) is 11.8 Å². The number of aromatic nitrogens is 1. The fourth-order valence-corrected chi connectivity index (χ4v) is 3.56. The summed E-state index contributed by atoms with van der Waals surface area (Å²) in [5.74, 6) is 0.769.